The van der Waals surface area contributed by atoms with Crippen LogP contribution in [0.4, 0.5) is 0 Å². The van der Waals surface area contributed by atoms with E-state index in [1.54, 1.807) is 30.9 Å². The van der Waals surface area contributed by atoms with E-state index < -0.39 is 0 Å². The minimum absolute atomic E-state index is 0.0536. The van der Waals surface area contributed by atoms with E-state index in [1.807, 2.05) is 39.8 Å². The van der Waals surface area contributed by atoms with Gasteiger partial charge in [-0.25, -0.2) is 0 Å². The van der Waals surface area contributed by atoms with Crippen molar-refractivity contribution in [2.45, 2.75) is 18.8 Å². The Labute approximate surface area is 146 Å². The minimum Gasteiger partial charge on any atom is -0.338 e. The number of hydrogen-bond acceptors (Lipinski definition) is 4. The molecular formula is C19H19N5O. The lowest BCUT2D eigenvalue weighted by molar-refractivity contribution is 0.0704. The SMILES string of the molecule is O=C(c1ccncc1)N1CCCC(c2nncn2-c2ccccc2)C1. The van der Waals surface area contributed by atoms with E-state index in [1.165, 1.54) is 0 Å². The first-order chi connectivity index (χ1) is 12.3. The number of benzene rings is 1. The fourth-order valence-corrected chi connectivity index (χ4v) is 3.36. The number of carbonyl (C=O) groups excluding carboxylic acids is 1. The summed E-state index contributed by atoms with van der Waals surface area (Å²) in [5.41, 5.74) is 1.72. The molecule has 1 aliphatic heterocycles. The van der Waals surface area contributed by atoms with Gasteiger partial charge >= 0.3 is 0 Å². The molecule has 1 fully saturated rings. The van der Waals surface area contributed by atoms with E-state index in [0.717, 1.165) is 30.9 Å². The Balaban J connectivity index is 1.57. The molecule has 3 heterocycles. The van der Waals surface area contributed by atoms with Crippen molar-refractivity contribution in [3.8, 4) is 5.69 Å². The predicted molar refractivity (Wildman–Crippen MR) is 93.5 cm³/mol. The van der Waals surface area contributed by atoms with Gasteiger partial charge in [-0.15, -0.1) is 10.2 Å². The average Bonchev–Trinajstić information content (AvgIpc) is 3.19. The van der Waals surface area contributed by atoms with Crippen LogP contribution < -0.4 is 0 Å². The van der Waals surface area contributed by atoms with E-state index in [2.05, 4.69) is 15.2 Å². The second-order valence-corrected chi connectivity index (χ2v) is 6.22. The van der Waals surface area contributed by atoms with E-state index in [0.29, 0.717) is 12.1 Å². The summed E-state index contributed by atoms with van der Waals surface area (Å²) in [7, 11) is 0. The molecule has 126 valence electrons. The van der Waals surface area contributed by atoms with Gasteiger partial charge in [0.1, 0.15) is 12.2 Å². The molecule has 25 heavy (non-hydrogen) atoms. The molecule has 1 saturated heterocycles. The first-order valence-electron chi connectivity index (χ1n) is 8.47. The van der Waals surface area contributed by atoms with Crippen LogP contribution in [0.2, 0.25) is 0 Å². The van der Waals surface area contributed by atoms with E-state index in [9.17, 15) is 4.79 Å². The second kappa shape index (κ2) is 6.84. The number of piperidine rings is 1. The third-order valence-corrected chi connectivity index (χ3v) is 4.61. The van der Waals surface area contributed by atoms with Gasteiger partial charge in [0.15, 0.2) is 0 Å². The van der Waals surface area contributed by atoms with Crippen molar-refractivity contribution in [3.63, 3.8) is 0 Å². The highest BCUT2D eigenvalue weighted by Crippen LogP contribution is 2.27. The third kappa shape index (κ3) is 3.15. The first kappa shape index (κ1) is 15.5. The molecule has 1 aliphatic rings. The monoisotopic (exact) mass is 333 g/mol. The molecule has 0 N–H and O–H groups in total. The van der Waals surface area contributed by atoms with Gasteiger partial charge in [0, 0.05) is 42.7 Å². The lowest BCUT2D eigenvalue weighted by atomic mass is 9.96. The zero-order valence-corrected chi connectivity index (χ0v) is 13.8. The summed E-state index contributed by atoms with van der Waals surface area (Å²) in [6, 6.07) is 13.6. The summed E-state index contributed by atoms with van der Waals surface area (Å²) >= 11 is 0. The van der Waals surface area contributed by atoms with Crippen molar-refractivity contribution in [2.75, 3.05) is 13.1 Å². The lowest BCUT2D eigenvalue weighted by Gasteiger charge is -2.32. The molecule has 6 nitrogen and oxygen atoms in total. The highest BCUT2D eigenvalue weighted by atomic mass is 16.2. The molecule has 4 rings (SSSR count). The molecule has 2 aromatic heterocycles. The van der Waals surface area contributed by atoms with Gasteiger partial charge in [0.25, 0.3) is 5.91 Å². The molecule has 1 aromatic carbocycles. The van der Waals surface area contributed by atoms with Crippen molar-refractivity contribution in [3.05, 3.63) is 72.6 Å². The standard InChI is InChI=1S/C19H19N5O/c25-19(15-8-10-20-11-9-15)23-12-4-5-16(13-23)18-22-21-14-24(18)17-6-2-1-3-7-17/h1-3,6-11,14,16H,4-5,12-13H2. The molecule has 1 unspecified atom stereocenters. The average molecular weight is 333 g/mol. The Morgan fingerprint density at radius 3 is 2.68 bits per heavy atom. The lowest BCUT2D eigenvalue weighted by Crippen LogP contribution is -2.39. The smallest absolute Gasteiger partial charge is 0.253 e. The quantitative estimate of drug-likeness (QED) is 0.739. The highest BCUT2D eigenvalue weighted by molar-refractivity contribution is 5.94. The Bertz CT molecular complexity index is 847. The van der Waals surface area contributed by atoms with Crippen molar-refractivity contribution < 1.29 is 4.79 Å². The van der Waals surface area contributed by atoms with Crippen LogP contribution in [-0.4, -0.2) is 43.6 Å². The molecule has 0 spiro atoms. The summed E-state index contributed by atoms with van der Waals surface area (Å²) in [5, 5.41) is 8.45. The van der Waals surface area contributed by atoms with Crippen LogP contribution >= 0.6 is 0 Å². The zero-order valence-electron chi connectivity index (χ0n) is 13.8. The third-order valence-electron chi connectivity index (χ3n) is 4.61. The fourth-order valence-electron chi connectivity index (χ4n) is 3.36. The van der Waals surface area contributed by atoms with Crippen LogP contribution in [0.5, 0.6) is 0 Å². The number of aromatic nitrogens is 4. The minimum atomic E-state index is 0.0536. The van der Waals surface area contributed by atoms with E-state index in [4.69, 9.17) is 0 Å². The van der Waals surface area contributed by atoms with Gasteiger partial charge in [-0.2, -0.15) is 0 Å². The van der Waals surface area contributed by atoms with Crippen LogP contribution in [0.1, 0.15) is 34.9 Å². The maximum atomic E-state index is 12.7. The molecule has 0 bridgehead atoms. The Kier molecular flexibility index (Phi) is 4.24. The van der Waals surface area contributed by atoms with Crippen LogP contribution in [0, 0.1) is 0 Å². The molecule has 3 aromatic rings. The highest BCUT2D eigenvalue weighted by Gasteiger charge is 2.28. The van der Waals surface area contributed by atoms with Crippen molar-refractivity contribution in [2.24, 2.45) is 0 Å². The number of pyridine rings is 1. The summed E-state index contributed by atoms with van der Waals surface area (Å²) in [5.74, 6) is 1.15. The molecule has 0 saturated carbocycles. The van der Waals surface area contributed by atoms with Crippen LogP contribution in [0.15, 0.2) is 61.2 Å². The van der Waals surface area contributed by atoms with Crippen LogP contribution in [0.25, 0.3) is 5.69 Å². The maximum absolute atomic E-state index is 12.7. The van der Waals surface area contributed by atoms with Crippen LogP contribution in [0.3, 0.4) is 0 Å². The Morgan fingerprint density at radius 2 is 1.88 bits per heavy atom. The topological polar surface area (TPSA) is 63.9 Å². The number of rotatable bonds is 3. The summed E-state index contributed by atoms with van der Waals surface area (Å²) < 4.78 is 2.02. The number of amides is 1. The fraction of sp³-hybridized carbons (Fsp3) is 0.263. The second-order valence-electron chi connectivity index (χ2n) is 6.22. The number of likely N-dealkylation sites (tertiary alicyclic amines) is 1. The van der Waals surface area contributed by atoms with Gasteiger partial charge in [0.2, 0.25) is 0 Å². The molecule has 6 heteroatoms. The van der Waals surface area contributed by atoms with Gasteiger partial charge < -0.3 is 4.90 Å². The van der Waals surface area contributed by atoms with Crippen molar-refractivity contribution in [1.29, 1.82) is 0 Å². The Hall–Kier alpha value is -3.02. The van der Waals surface area contributed by atoms with E-state index in [-0.39, 0.29) is 11.8 Å². The predicted octanol–water partition coefficient (Wildman–Crippen LogP) is 2.68. The molecule has 0 aliphatic carbocycles. The number of carbonyl (C=O) groups is 1. The maximum Gasteiger partial charge on any atom is 0.253 e. The number of para-hydroxylation sites is 1. The Morgan fingerprint density at radius 1 is 1.08 bits per heavy atom. The molecular weight excluding hydrogens is 314 g/mol. The molecule has 0 radical (unpaired) electrons. The van der Waals surface area contributed by atoms with Crippen molar-refractivity contribution in [1.82, 2.24) is 24.6 Å². The largest absolute Gasteiger partial charge is 0.338 e. The van der Waals surface area contributed by atoms with Crippen LogP contribution in [-0.2, 0) is 0 Å². The van der Waals surface area contributed by atoms with E-state index >= 15 is 0 Å². The normalized spacial score (nSPS) is 17.4. The van der Waals surface area contributed by atoms with Gasteiger partial charge in [0.05, 0.1) is 0 Å². The summed E-state index contributed by atoms with van der Waals surface area (Å²) in [6.45, 7) is 1.43. The summed E-state index contributed by atoms with van der Waals surface area (Å²) in [6.07, 6.45) is 7.02. The van der Waals surface area contributed by atoms with Gasteiger partial charge in [-0.05, 0) is 37.1 Å². The molecule has 1 atom stereocenters. The number of hydrogen-bond donors (Lipinski definition) is 0. The summed E-state index contributed by atoms with van der Waals surface area (Å²) in [4.78, 5) is 18.6. The zero-order chi connectivity index (χ0) is 17.1. The van der Waals surface area contributed by atoms with Gasteiger partial charge in [-0.3, -0.25) is 14.3 Å². The number of nitrogens with zero attached hydrogens (tertiary/aromatic N) is 5. The van der Waals surface area contributed by atoms with Crippen molar-refractivity contribution >= 4 is 5.91 Å². The molecule has 1 amide bonds. The first-order valence-corrected chi connectivity index (χ1v) is 8.47. The van der Waals surface area contributed by atoms with Gasteiger partial charge in [-0.1, -0.05) is 18.2 Å².